The molecule has 0 aliphatic rings. The van der Waals surface area contributed by atoms with Gasteiger partial charge in [0.2, 0.25) is 0 Å². The van der Waals surface area contributed by atoms with Crippen molar-refractivity contribution in [3.8, 4) is 0 Å². The first-order valence-electron chi connectivity index (χ1n) is 11.0. The van der Waals surface area contributed by atoms with Crippen LogP contribution in [0.25, 0.3) is 10.2 Å². The third-order valence-electron chi connectivity index (χ3n) is 5.46. The first-order valence-corrected chi connectivity index (χ1v) is 11.8. The quantitative estimate of drug-likeness (QED) is 0.374. The predicted molar refractivity (Wildman–Crippen MR) is 133 cm³/mol. The fourth-order valence-corrected chi connectivity index (χ4v) is 4.57. The number of fused-ring (bicyclic) bond motifs is 1. The highest BCUT2D eigenvalue weighted by molar-refractivity contribution is 7.20. The summed E-state index contributed by atoms with van der Waals surface area (Å²) in [6, 6.07) is 16.7. The lowest BCUT2D eigenvalue weighted by atomic mass is 10.1. The van der Waals surface area contributed by atoms with Crippen LogP contribution in [0.3, 0.4) is 0 Å². The molecule has 1 amide bonds. The Bertz CT molecular complexity index is 1370. The van der Waals surface area contributed by atoms with E-state index in [-0.39, 0.29) is 13.2 Å². The first-order chi connectivity index (χ1) is 16.8. The lowest BCUT2D eigenvalue weighted by Crippen LogP contribution is -2.28. The van der Waals surface area contributed by atoms with Crippen molar-refractivity contribution in [3.63, 3.8) is 0 Å². The van der Waals surface area contributed by atoms with Gasteiger partial charge in [-0.2, -0.15) is 5.10 Å². The summed E-state index contributed by atoms with van der Waals surface area (Å²) in [6.07, 6.45) is 0. The second-order valence-corrected chi connectivity index (χ2v) is 9.13. The molecule has 0 atom stereocenters. The van der Waals surface area contributed by atoms with E-state index in [9.17, 15) is 14.4 Å². The Morgan fingerprint density at radius 2 is 1.66 bits per heavy atom. The van der Waals surface area contributed by atoms with Crippen LogP contribution >= 0.6 is 11.3 Å². The molecule has 0 saturated carbocycles. The van der Waals surface area contributed by atoms with Crippen LogP contribution in [0.4, 0.5) is 0 Å². The molecule has 2 heterocycles. The molecule has 1 N–H and O–H groups in total. The number of benzene rings is 2. The van der Waals surface area contributed by atoms with Crippen molar-refractivity contribution >= 4 is 39.4 Å². The van der Waals surface area contributed by atoms with Crippen molar-refractivity contribution in [2.45, 2.75) is 26.9 Å². The van der Waals surface area contributed by atoms with Crippen molar-refractivity contribution in [3.05, 3.63) is 87.4 Å². The fraction of sp³-hybridized carbons (Fsp3) is 0.231. The van der Waals surface area contributed by atoms with Crippen LogP contribution in [0.1, 0.15) is 42.4 Å². The summed E-state index contributed by atoms with van der Waals surface area (Å²) in [5.74, 6) is -1.39. The van der Waals surface area contributed by atoms with Crippen LogP contribution in [0.15, 0.2) is 54.6 Å². The third kappa shape index (κ3) is 5.75. The molecule has 4 aromatic rings. The average Bonchev–Trinajstić information content (AvgIpc) is 3.43. The van der Waals surface area contributed by atoms with Crippen molar-refractivity contribution in [1.82, 2.24) is 15.1 Å². The third-order valence-corrected chi connectivity index (χ3v) is 6.59. The van der Waals surface area contributed by atoms with E-state index in [0.29, 0.717) is 17.0 Å². The number of hydrogen-bond acceptors (Lipinski definition) is 7. The molecule has 4 rings (SSSR count). The van der Waals surface area contributed by atoms with Crippen LogP contribution < -0.4 is 5.32 Å². The number of methoxy groups -OCH3 is 1. The minimum atomic E-state index is -0.551. The minimum absolute atomic E-state index is 0.245. The second-order valence-electron chi connectivity index (χ2n) is 8.10. The Kier molecular flexibility index (Phi) is 7.26. The molecule has 0 aliphatic heterocycles. The van der Waals surface area contributed by atoms with E-state index < -0.39 is 17.8 Å². The number of hydrogen-bond donors (Lipinski definition) is 1. The number of ether oxygens (including phenoxy) is 2. The highest BCUT2D eigenvalue weighted by Crippen LogP contribution is 2.29. The number of rotatable bonds is 8. The molecule has 0 unspecified atom stereocenters. The van der Waals surface area contributed by atoms with Crippen molar-refractivity contribution in [2.75, 3.05) is 13.7 Å². The maximum absolute atomic E-state index is 12.6. The second kappa shape index (κ2) is 10.5. The Morgan fingerprint density at radius 3 is 2.34 bits per heavy atom. The molecule has 0 aliphatic carbocycles. The smallest absolute Gasteiger partial charge is 0.348 e. The lowest BCUT2D eigenvalue weighted by Gasteiger charge is -2.07. The molecule has 8 nitrogen and oxygen atoms in total. The first kappa shape index (κ1) is 24.2. The molecule has 0 saturated heterocycles. The van der Waals surface area contributed by atoms with Crippen molar-refractivity contribution < 1.29 is 23.9 Å². The van der Waals surface area contributed by atoms with Crippen LogP contribution in [0.5, 0.6) is 0 Å². The number of thiophene rings is 1. The summed E-state index contributed by atoms with van der Waals surface area (Å²) < 4.78 is 11.8. The van der Waals surface area contributed by atoms with Gasteiger partial charge in [0.05, 0.1) is 24.9 Å². The van der Waals surface area contributed by atoms with Gasteiger partial charge in [0, 0.05) is 11.9 Å². The van der Waals surface area contributed by atoms with E-state index in [4.69, 9.17) is 4.74 Å². The van der Waals surface area contributed by atoms with Gasteiger partial charge in [-0.25, -0.2) is 9.59 Å². The van der Waals surface area contributed by atoms with E-state index in [0.717, 1.165) is 27.0 Å². The maximum Gasteiger partial charge on any atom is 0.348 e. The van der Waals surface area contributed by atoms with Gasteiger partial charge >= 0.3 is 11.9 Å². The minimum Gasteiger partial charge on any atom is -0.465 e. The molecular formula is C26H25N3O5S. The van der Waals surface area contributed by atoms with E-state index in [1.54, 1.807) is 30.3 Å². The molecule has 180 valence electrons. The van der Waals surface area contributed by atoms with Gasteiger partial charge < -0.3 is 14.8 Å². The van der Waals surface area contributed by atoms with Gasteiger partial charge in [-0.15, -0.1) is 11.3 Å². The largest absolute Gasteiger partial charge is 0.465 e. The van der Waals surface area contributed by atoms with E-state index in [1.807, 2.05) is 18.5 Å². The fourth-order valence-electron chi connectivity index (χ4n) is 3.52. The van der Waals surface area contributed by atoms with E-state index in [2.05, 4.69) is 39.4 Å². The Balaban J connectivity index is 1.33. The van der Waals surface area contributed by atoms with Crippen LogP contribution in [0.2, 0.25) is 0 Å². The number of aryl methyl sites for hydroxylation is 2. The zero-order valence-corrected chi connectivity index (χ0v) is 20.5. The topological polar surface area (TPSA) is 99.5 Å². The number of carbonyl (C=O) groups excluding carboxylic acids is 3. The van der Waals surface area contributed by atoms with Crippen molar-refractivity contribution in [2.24, 2.45) is 0 Å². The van der Waals surface area contributed by atoms with Gasteiger partial charge in [-0.1, -0.05) is 42.0 Å². The van der Waals surface area contributed by atoms with Crippen LogP contribution in [-0.2, 0) is 27.4 Å². The number of nitrogens with one attached hydrogen (secondary N) is 1. The standard InChI is InChI=1S/C26H25N3O5S/c1-16-4-6-19(7-5-16)14-29-24-21(17(2)28-29)12-22(35-24)26(32)34-15-23(30)27-13-18-8-10-20(11-9-18)25(31)33-3/h4-12H,13-15H2,1-3H3,(H,27,30). The van der Waals surface area contributed by atoms with E-state index in [1.165, 1.54) is 24.0 Å². The molecular weight excluding hydrogens is 466 g/mol. The van der Waals surface area contributed by atoms with Crippen LogP contribution in [-0.4, -0.2) is 41.3 Å². The number of carbonyl (C=O) groups is 3. The number of aromatic nitrogens is 2. The molecule has 2 aromatic carbocycles. The Morgan fingerprint density at radius 1 is 0.971 bits per heavy atom. The highest BCUT2D eigenvalue weighted by Gasteiger charge is 2.18. The van der Waals surface area contributed by atoms with Crippen LogP contribution in [0, 0.1) is 13.8 Å². The number of nitrogens with zero attached hydrogens (tertiary/aromatic N) is 2. The predicted octanol–water partition coefficient (Wildman–Crippen LogP) is 4.02. The molecule has 0 bridgehead atoms. The summed E-state index contributed by atoms with van der Waals surface area (Å²) in [6.45, 7) is 4.40. The molecule has 2 aromatic heterocycles. The summed E-state index contributed by atoms with van der Waals surface area (Å²) in [7, 11) is 1.32. The van der Waals surface area contributed by atoms with Gasteiger partial charge in [-0.3, -0.25) is 9.48 Å². The number of amides is 1. The van der Waals surface area contributed by atoms with Gasteiger partial charge in [-0.05, 0) is 43.2 Å². The normalized spacial score (nSPS) is 10.8. The SMILES string of the molecule is COC(=O)c1ccc(CNC(=O)COC(=O)c2cc3c(C)nn(Cc4ccc(C)cc4)c3s2)cc1. The summed E-state index contributed by atoms with van der Waals surface area (Å²) >= 11 is 1.30. The summed E-state index contributed by atoms with van der Waals surface area (Å²) in [5, 5.41) is 8.19. The zero-order chi connectivity index (χ0) is 24.9. The summed E-state index contributed by atoms with van der Waals surface area (Å²) in [5.41, 5.74) is 4.37. The monoisotopic (exact) mass is 491 g/mol. The Labute approximate surface area is 206 Å². The summed E-state index contributed by atoms with van der Waals surface area (Å²) in [4.78, 5) is 37.5. The van der Waals surface area contributed by atoms with Gasteiger partial charge in [0.15, 0.2) is 6.61 Å². The molecule has 0 spiro atoms. The molecule has 35 heavy (non-hydrogen) atoms. The maximum atomic E-state index is 12.6. The average molecular weight is 492 g/mol. The molecule has 9 heteroatoms. The van der Waals surface area contributed by atoms with E-state index >= 15 is 0 Å². The van der Waals surface area contributed by atoms with Crippen molar-refractivity contribution in [1.29, 1.82) is 0 Å². The number of esters is 2. The molecule has 0 fully saturated rings. The van der Waals surface area contributed by atoms with Gasteiger partial charge in [0.1, 0.15) is 9.71 Å². The zero-order valence-electron chi connectivity index (χ0n) is 19.7. The molecule has 0 radical (unpaired) electrons. The lowest BCUT2D eigenvalue weighted by molar-refractivity contribution is -0.124. The highest BCUT2D eigenvalue weighted by atomic mass is 32.1. The Hall–Kier alpha value is -3.98. The van der Waals surface area contributed by atoms with Gasteiger partial charge in [0.25, 0.3) is 5.91 Å².